The maximum absolute atomic E-state index is 13.6. The van der Waals surface area contributed by atoms with E-state index in [4.69, 9.17) is 21.1 Å². The zero-order valence-electron chi connectivity index (χ0n) is 18.1. The first-order valence-electron chi connectivity index (χ1n) is 9.98. The zero-order chi connectivity index (χ0) is 23.7. The molecule has 1 N–H and O–H groups in total. The van der Waals surface area contributed by atoms with E-state index in [1.165, 1.54) is 38.5 Å². The summed E-state index contributed by atoms with van der Waals surface area (Å²) in [6.07, 6.45) is 0. The highest BCUT2D eigenvalue weighted by Crippen LogP contribution is 2.39. The molecule has 4 rings (SSSR count). The molecule has 0 saturated heterocycles. The van der Waals surface area contributed by atoms with Crippen molar-refractivity contribution in [3.05, 3.63) is 88.3 Å². The third kappa shape index (κ3) is 4.15. The second kappa shape index (κ2) is 8.96. The number of nitrogens with zero attached hydrogens (tertiary/aromatic N) is 1. The molecule has 0 saturated carbocycles. The molecule has 1 aliphatic heterocycles. The molecule has 0 aromatic heterocycles. The van der Waals surface area contributed by atoms with Crippen LogP contribution < -0.4 is 19.7 Å². The third-order valence-electron chi connectivity index (χ3n) is 5.29. The quantitative estimate of drug-likeness (QED) is 0.506. The van der Waals surface area contributed by atoms with Crippen molar-refractivity contribution in [3.63, 3.8) is 0 Å². The lowest BCUT2D eigenvalue weighted by atomic mass is 10.0. The monoisotopic (exact) mass is 466 g/mol. The Morgan fingerprint density at radius 3 is 2.27 bits per heavy atom. The zero-order valence-corrected chi connectivity index (χ0v) is 18.9. The molecule has 0 bridgehead atoms. The van der Waals surface area contributed by atoms with E-state index in [0.29, 0.717) is 27.8 Å². The van der Waals surface area contributed by atoms with Gasteiger partial charge in [-0.15, -0.1) is 0 Å². The summed E-state index contributed by atoms with van der Waals surface area (Å²) in [6, 6.07) is 15.3. The molecule has 3 aromatic carbocycles. The first-order valence-corrected chi connectivity index (χ1v) is 10.4. The number of hydrogen-bond donors (Lipinski definition) is 1. The fourth-order valence-corrected chi connectivity index (χ4v) is 3.85. The Morgan fingerprint density at radius 1 is 0.909 bits per heavy atom. The number of imide groups is 1. The Labute approximate surface area is 195 Å². The van der Waals surface area contributed by atoms with Gasteiger partial charge in [0.1, 0.15) is 23.0 Å². The minimum atomic E-state index is -0.572. The molecule has 0 atom stereocenters. The van der Waals surface area contributed by atoms with Crippen LogP contribution in [0.3, 0.4) is 0 Å². The fraction of sp³-hybridized carbons (Fsp3) is 0.120. The number of benzene rings is 3. The predicted molar refractivity (Wildman–Crippen MR) is 125 cm³/mol. The smallest absolute Gasteiger partial charge is 0.282 e. The summed E-state index contributed by atoms with van der Waals surface area (Å²) in [5, 5.41) is 3.63. The molecule has 168 valence electrons. The van der Waals surface area contributed by atoms with Crippen molar-refractivity contribution in [1.82, 2.24) is 0 Å². The van der Waals surface area contributed by atoms with Crippen LogP contribution in [0.4, 0.5) is 15.8 Å². The molecular weight excluding hydrogens is 447 g/mol. The SMILES string of the molecule is COc1ccc(N2C(=O)C(Nc3ccc(Cl)cc3C)=C(c3ccc(F)cc3)C2=O)c(OC)c1. The van der Waals surface area contributed by atoms with Gasteiger partial charge in [-0.2, -0.15) is 0 Å². The highest BCUT2D eigenvalue weighted by Gasteiger charge is 2.41. The van der Waals surface area contributed by atoms with Gasteiger partial charge in [0.2, 0.25) is 0 Å². The second-order valence-corrected chi connectivity index (χ2v) is 7.76. The standard InChI is InChI=1S/C25H20ClFN2O4/c1-14-12-16(26)6-10-19(14)28-23-22(15-4-7-17(27)8-5-15)24(30)29(25(23)31)20-11-9-18(32-2)13-21(20)33-3/h4-13,28H,1-3H3. The molecule has 2 amide bonds. The number of halogens is 2. The van der Waals surface area contributed by atoms with Gasteiger partial charge in [-0.3, -0.25) is 9.59 Å². The van der Waals surface area contributed by atoms with Crippen LogP contribution in [0.5, 0.6) is 11.5 Å². The molecule has 0 unspecified atom stereocenters. The number of aryl methyl sites for hydroxylation is 1. The molecule has 3 aromatic rings. The summed E-state index contributed by atoms with van der Waals surface area (Å²) >= 11 is 6.06. The summed E-state index contributed by atoms with van der Waals surface area (Å²) < 4.78 is 24.2. The van der Waals surface area contributed by atoms with Crippen molar-refractivity contribution in [2.45, 2.75) is 6.92 Å². The van der Waals surface area contributed by atoms with Gasteiger partial charge in [-0.05, 0) is 60.5 Å². The van der Waals surface area contributed by atoms with Crippen LogP contribution in [-0.4, -0.2) is 26.0 Å². The third-order valence-corrected chi connectivity index (χ3v) is 5.53. The molecule has 0 spiro atoms. The molecular formula is C25H20ClFN2O4. The number of nitrogens with one attached hydrogen (secondary N) is 1. The molecule has 6 nitrogen and oxygen atoms in total. The molecule has 0 radical (unpaired) electrons. The largest absolute Gasteiger partial charge is 0.497 e. The number of amides is 2. The lowest BCUT2D eigenvalue weighted by Crippen LogP contribution is -2.32. The van der Waals surface area contributed by atoms with Crippen molar-refractivity contribution < 1.29 is 23.5 Å². The molecule has 1 aliphatic rings. The van der Waals surface area contributed by atoms with Crippen molar-refractivity contribution in [2.75, 3.05) is 24.4 Å². The van der Waals surface area contributed by atoms with Gasteiger partial charge in [0.15, 0.2) is 0 Å². The number of carbonyl (C=O) groups excluding carboxylic acids is 2. The van der Waals surface area contributed by atoms with Crippen LogP contribution in [0.15, 0.2) is 66.4 Å². The number of anilines is 2. The first kappa shape index (κ1) is 22.4. The molecule has 33 heavy (non-hydrogen) atoms. The Morgan fingerprint density at radius 2 is 1.64 bits per heavy atom. The van der Waals surface area contributed by atoms with Crippen molar-refractivity contribution in [2.24, 2.45) is 0 Å². The maximum atomic E-state index is 13.6. The molecule has 1 heterocycles. The van der Waals surface area contributed by atoms with Gasteiger partial charge in [0.05, 0.1) is 25.5 Å². The van der Waals surface area contributed by atoms with Gasteiger partial charge in [-0.25, -0.2) is 9.29 Å². The normalized spacial score (nSPS) is 13.5. The Hall–Kier alpha value is -3.84. The van der Waals surface area contributed by atoms with E-state index < -0.39 is 17.6 Å². The number of hydrogen-bond acceptors (Lipinski definition) is 5. The Kier molecular flexibility index (Phi) is 6.07. The summed E-state index contributed by atoms with van der Waals surface area (Å²) in [4.78, 5) is 28.2. The predicted octanol–water partition coefficient (Wildman–Crippen LogP) is 5.20. The second-order valence-electron chi connectivity index (χ2n) is 7.32. The minimum absolute atomic E-state index is 0.0647. The summed E-state index contributed by atoms with van der Waals surface area (Å²) in [7, 11) is 2.94. The van der Waals surface area contributed by atoms with Gasteiger partial charge < -0.3 is 14.8 Å². The lowest BCUT2D eigenvalue weighted by molar-refractivity contribution is -0.120. The average molecular weight is 467 g/mol. The Balaban J connectivity index is 1.85. The van der Waals surface area contributed by atoms with E-state index >= 15 is 0 Å². The Bertz CT molecular complexity index is 1290. The van der Waals surface area contributed by atoms with Crippen LogP contribution in [-0.2, 0) is 9.59 Å². The van der Waals surface area contributed by atoms with E-state index in [9.17, 15) is 14.0 Å². The van der Waals surface area contributed by atoms with Crippen molar-refractivity contribution in [3.8, 4) is 11.5 Å². The van der Waals surface area contributed by atoms with E-state index in [2.05, 4.69) is 5.32 Å². The summed E-state index contributed by atoms with van der Waals surface area (Å²) in [5.41, 5.74) is 2.24. The number of rotatable bonds is 6. The van der Waals surface area contributed by atoms with Gasteiger partial charge >= 0.3 is 0 Å². The van der Waals surface area contributed by atoms with Crippen LogP contribution >= 0.6 is 11.6 Å². The van der Waals surface area contributed by atoms with Crippen LogP contribution in [0, 0.1) is 12.7 Å². The molecule has 0 aliphatic carbocycles. The van der Waals surface area contributed by atoms with E-state index in [-0.39, 0.29) is 17.0 Å². The molecule has 0 fully saturated rings. The van der Waals surface area contributed by atoms with Crippen LogP contribution in [0.25, 0.3) is 5.57 Å². The number of carbonyl (C=O) groups is 2. The highest BCUT2D eigenvalue weighted by molar-refractivity contribution is 6.46. The summed E-state index contributed by atoms with van der Waals surface area (Å²) in [6.45, 7) is 1.83. The van der Waals surface area contributed by atoms with Crippen LogP contribution in [0.1, 0.15) is 11.1 Å². The minimum Gasteiger partial charge on any atom is -0.497 e. The summed E-state index contributed by atoms with van der Waals surface area (Å²) in [5.74, 6) is -0.788. The van der Waals surface area contributed by atoms with Crippen molar-refractivity contribution in [1.29, 1.82) is 0 Å². The molecule has 8 heteroatoms. The van der Waals surface area contributed by atoms with Crippen LogP contribution in [0.2, 0.25) is 5.02 Å². The van der Waals surface area contributed by atoms with Gasteiger partial charge in [0.25, 0.3) is 11.8 Å². The number of ether oxygens (including phenoxy) is 2. The number of methoxy groups -OCH3 is 2. The lowest BCUT2D eigenvalue weighted by Gasteiger charge is -2.19. The maximum Gasteiger partial charge on any atom is 0.282 e. The topological polar surface area (TPSA) is 67.9 Å². The van der Waals surface area contributed by atoms with Crippen molar-refractivity contribution >= 4 is 40.4 Å². The van der Waals surface area contributed by atoms with E-state index in [1.807, 2.05) is 6.92 Å². The van der Waals surface area contributed by atoms with E-state index in [0.717, 1.165) is 10.5 Å². The fourth-order valence-electron chi connectivity index (χ4n) is 3.62. The van der Waals surface area contributed by atoms with E-state index in [1.54, 1.807) is 36.4 Å². The average Bonchev–Trinajstić information content (AvgIpc) is 3.05. The highest BCUT2D eigenvalue weighted by atomic mass is 35.5. The van der Waals surface area contributed by atoms with Gasteiger partial charge in [0, 0.05) is 16.8 Å². The first-order chi connectivity index (χ1) is 15.8. The van der Waals surface area contributed by atoms with Gasteiger partial charge in [-0.1, -0.05) is 23.7 Å².